The van der Waals surface area contributed by atoms with Gasteiger partial charge < -0.3 is 16.0 Å². The lowest BCUT2D eigenvalue weighted by Crippen LogP contribution is -2.31. The minimum Gasteiger partial charge on any atom is -0.370 e. The van der Waals surface area contributed by atoms with Gasteiger partial charge in [0.05, 0.1) is 0 Å². The van der Waals surface area contributed by atoms with Crippen LogP contribution in [0.1, 0.15) is 39.9 Å². The highest BCUT2D eigenvalue weighted by atomic mass is 16.1. The molecule has 0 aromatic carbocycles. The Balaban J connectivity index is 2.54. The van der Waals surface area contributed by atoms with Crippen LogP contribution in [-0.4, -0.2) is 35.0 Å². The van der Waals surface area contributed by atoms with E-state index in [1.165, 1.54) is 0 Å². The van der Waals surface area contributed by atoms with Crippen molar-refractivity contribution in [2.24, 2.45) is 0 Å². The molecule has 6 heteroatoms. The predicted molar refractivity (Wildman–Crippen MR) is 82.0 cm³/mol. The number of nitrogens with one attached hydrogen (secondary N) is 3. The number of aromatic nitrogens is 2. The van der Waals surface area contributed by atoms with Crippen molar-refractivity contribution >= 4 is 17.5 Å². The molecule has 0 saturated heterocycles. The van der Waals surface area contributed by atoms with Gasteiger partial charge in [0, 0.05) is 38.0 Å². The van der Waals surface area contributed by atoms with Crippen molar-refractivity contribution in [3.05, 3.63) is 11.9 Å². The zero-order chi connectivity index (χ0) is 15.0. The quantitative estimate of drug-likeness (QED) is 0.676. The molecule has 0 radical (unpaired) electrons. The van der Waals surface area contributed by atoms with E-state index in [4.69, 9.17) is 0 Å². The maximum atomic E-state index is 11.5. The number of carbonyl (C=O) groups excluding carboxylic acids is 1. The van der Waals surface area contributed by atoms with E-state index >= 15 is 0 Å². The van der Waals surface area contributed by atoms with Crippen LogP contribution in [0.25, 0.3) is 0 Å². The summed E-state index contributed by atoms with van der Waals surface area (Å²) in [5.41, 5.74) is 0. The number of hydrogen-bond acceptors (Lipinski definition) is 5. The van der Waals surface area contributed by atoms with Crippen molar-refractivity contribution in [3.8, 4) is 0 Å². The van der Waals surface area contributed by atoms with Gasteiger partial charge in [-0.1, -0.05) is 6.92 Å². The highest BCUT2D eigenvalue weighted by molar-refractivity contribution is 5.76. The summed E-state index contributed by atoms with van der Waals surface area (Å²) in [6.45, 7) is 9.32. The van der Waals surface area contributed by atoms with Crippen LogP contribution >= 0.6 is 0 Å². The van der Waals surface area contributed by atoms with Crippen LogP contribution in [0, 0.1) is 0 Å². The number of nitrogens with zero attached hydrogens (tertiary/aromatic N) is 2. The SMILES string of the molecule is CCNc1cc(NCCC(=O)NC(C)C)nc(CC)n1. The van der Waals surface area contributed by atoms with Crippen LogP contribution in [0.15, 0.2) is 6.07 Å². The second-order valence-corrected chi connectivity index (χ2v) is 4.84. The van der Waals surface area contributed by atoms with Crippen molar-refractivity contribution in [3.63, 3.8) is 0 Å². The Morgan fingerprint density at radius 2 is 1.85 bits per heavy atom. The summed E-state index contributed by atoms with van der Waals surface area (Å²) in [5.74, 6) is 2.40. The fourth-order valence-electron chi connectivity index (χ4n) is 1.72. The molecule has 0 spiro atoms. The molecular formula is C14H25N5O. The lowest BCUT2D eigenvalue weighted by molar-refractivity contribution is -0.121. The highest BCUT2D eigenvalue weighted by Gasteiger charge is 2.05. The molecule has 6 nitrogen and oxygen atoms in total. The maximum absolute atomic E-state index is 11.5. The summed E-state index contributed by atoms with van der Waals surface area (Å²) in [4.78, 5) is 20.3. The first-order valence-corrected chi connectivity index (χ1v) is 7.20. The molecule has 1 amide bonds. The van der Waals surface area contributed by atoms with Crippen molar-refractivity contribution < 1.29 is 4.79 Å². The normalized spacial score (nSPS) is 10.4. The smallest absolute Gasteiger partial charge is 0.221 e. The first-order chi connectivity index (χ1) is 9.55. The van der Waals surface area contributed by atoms with E-state index in [1.807, 2.05) is 33.8 Å². The standard InChI is InChI=1S/C14H25N5O/c1-5-11-18-12(15-6-2)9-13(19-11)16-8-7-14(20)17-10(3)4/h9-10H,5-8H2,1-4H3,(H,17,20)(H2,15,16,18,19). The van der Waals surface area contributed by atoms with Crippen molar-refractivity contribution in [2.75, 3.05) is 23.7 Å². The lowest BCUT2D eigenvalue weighted by Gasteiger charge is -2.11. The Labute approximate surface area is 120 Å². The molecule has 0 saturated carbocycles. The second kappa shape index (κ2) is 8.35. The minimum absolute atomic E-state index is 0.0455. The van der Waals surface area contributed by atoms with Crippen LogP contribution in [0.5, 0.6) is 0 Å². The molecule has 1 rings (SSSR count). The molecule has 0 atom stereocenters. The first kappa shape index (κ1) is 16.2. The van der Waals surface area contributed by atoms with Gasteiger partial charge in [0.1, 0.15) is 17.5 Å². The molecule has 20 heavy (non-hydrogen) atoms. The Morgan fingerprint density at radius 1 is 1.20 bits per heavy atom. The first-order valence-electron chi connectivity index (χ1n) is 7.20. The summed E-state index contributed by atoms with van der Waals surface area (Å²) in [5, 5.41) is 9.21. The molecule has 0 aliphatic carbocycles. The predicted octanol–water partition coefficient (Wildman–Crippen LogP) is 1.80. The van der Waals surface area contributed by atoms with Gasteiger partial charge in [-0.3, -0.25) is 4.79 Å². The van der Waals surface area contributed by atoms with E-state index < -0.39 is 0 Å². The molecule has 112 valence electrons. The summed E-state index contributed by atoms with van der Waals surface area (Å²) < 4.78 is 0. The third-order valence-electron chi connectivity index (χ3n) is 2.55. The summed E-state index contributed by atoms with van der Waals surface area (Å²) in [7, 11) is 0. The molecule has 0 bridgehead atoms. The van der Waals surface area contributed by atoms with Crippen LogP contribution in [-0.2, 0) is 11.2 Å². The average molecular weight is 279 g/mol. The number of rotatable bonds is 8. The van der Waals surface area contributed by atoms with Gasteiger partial charge in [-0.15, -0.1) is 0 Å². The van der Waals surface area contributed by atoms with Gasteiger partial charge in [0.2, 0.25) is 5.91 Å². The number of aryl methyl sites for hydroxylation is 1. The Kier molecular flexibility index (Phi) is 6.76. The number of carbonyl (C=O) groups is 1. The van der Waals surface area contributed by atoms with Gasteiger partial charge in [-0.2, -0.15) is 0 Å². The highest BCUT2D eigenvalue weighted by Crippen LogP contribution is 2.11. The van der Waals surface area contributed by atoms with E-state index in [9.17, 15) is 4.79 Å². The van der Waals surface area contributed by atoms with E-state index in [2.05, 4.69) is 25.9 Å². The Hall–Kier alpha value is -1.85. The molecular weight excluding hydrogens is 254 g/mol. The molecule has 1 aromatic heterocycles. The fourth-order valence-corrected chi connectivity index (χ4v) is 1.72. The molecule has 3 N–H and O–H groups in total. The zero-order valence-corrected chi connectivity index (χ0v) is 12.8. The zero-order valence-electron chi connectivity index (χ0n) is 12.8. The maximum Gasteiger partial charge on any atom is 0.221 e. The van der Waals surface area contributed by atoms with Crippen molar-refractivity contribution in [2.45, 2.75) is 46.6 Å². The van der Waals surface area contributed by atoms with E-state index in [-0.39, 0.29) is 11.9 Å². The Morgan fingerprint density at radius 3 is 2.40 bits per heavy atom. The van der Waals surface area contributed by atoms with Crippen LogP contribution in [0.3, 0.4) is 0 Å². The molecule has 0 aliphatic rings. The minimum atomic E-state index is 0.0455. The monoisotopic (exact) mass is 279 g/mol. The van der Waals surface area contributed by atoms with Gasteiger partial charge in [-0.25, -0.2) is 9.97 Å². The van der Waals surface area contributed by atoms with Crippen LogP contribution in [0.2, 0.25) is 0 Å². The molecule has 1 aromatic rings. The molecule has 0 unspecified atom stereocenters. The third kappa shape index (κ3) is 5.86. The summed E-state index contributed by atoms with van der Waals surface area (Å²) in [6.07, 6.45) is 1.21. The topological polar surface area (TPSA) is 78.9 Å². The number of anilines is 2. The number of hydrogen-bond donors (Lipinski definition) is 3. The second-order valence-electron chi connectivity index (χ2n) is 4.84. The van der Waals surface area contributed by atoms with Gasteiger partial charge in [-0.05, 0) is 20.8 Å². The van der Waals surface area contributed by atoms with Crippen LogP contribution in [0.4, 0.5) is 11.6 Å². The third-order valence-corrected chi connectivity index (χ3v) is 2.55. The van der Waals surface area contributed by atoms with E-state index in [0.29, 0.717) is 13.0 Å². The van der Waals surface area contributed by atoms with Gasteiger partial charge in [0.15, 0.2) is 0 Å². The Bertz CT molecular complexity index is 434. The largest absolute Gasteiger partial charge is 0.370 e. The number of amides is 1. The van der Waals surface area contributed by atoms with Crippen molar-refractivity contribution in [1.29, 1.82) is 0 Å². The summed E-state index contributed by atoms with van der Waals surface area (Å²) >= 11 is 0. The average Bonchev–Trinajstić information content (AvgIpc) is 2.38. The van der Waals surface area contributed by atoms with Crippen molar-refractivity contribution in [1.82, 2.24) is 15.3 Å². The molecule has 1 heterocycles. The van der Waals surface area contributed by atoms with E-state index in [0.717, 1.165) is 30.4 Å². The lowest BCUT2D eigenvalue weighted by atomic mass is 10.3. The molecule has 0 aliphatic heterocycles. The van der Waals surface area contributed by atoms with Gasteiger partial charge >= 0.3 is 0 Å². The van der Waals surface area contributed by atoms with Gasteiger partial charge in [0.25, 0.3) is 0 Å². The van der Waals surface area contributed by atoms with Crippen LogP contribution < -0.4 is 16.0 Å². The van der Waals surface area contributed by atoms with E-state index in [1.54, 1.807) is 0 Å². The fraction of sp³-hybridized carbons (Fsp3) is 0.643. The molecule has 0 fully saturated rings. The summed E-state index contributed by atoms with van der Waals surface area (Å²) in [6, 6.07) is 2.04.